The average Bonchev–Trinajstić information content (AvgIpc) is 2.78. The standard InChI is InChI=1S/C23H23F3N6O/c1-4-20(14(3)9-27)32(12-17-6-5-16(10-29-17)23(24,25)26)22(33)18-8-15-7-13(2)21(28)31-19(15)11-30-18/h5-8,10-11,14,20H,4,12H2,1-3H3,(H2,28,31). The van der Waals surface area contributed by atoms with Crippen LogP contribution in [-0.4, -0.2) is 31.8 Å². The molecule has 0 bridgehead atoms. The molecule has 3 rings (SSSR count). The number of amides is 1. The number of carbonyl (C=O) groups is 1. The normalized spacial score (nSPS) is 13.4. The number of carbonyl (C=O) groups excluding carboxylic acids is 1. The second-order valence-electron chi connectivity index (χ2n) is 7.82. The maximum atomic E-state index is 13.5. The van der Waals surface area contributed by atoms with Gasteiger partial charge in [-0.05, 0) is 50.1 Å². The zero-order valence-corrected chi connectivity index (χ0v) is 18.4. The number of nitrogen functional groups attached to an aromatic ring is 1. The van der Waals surface area contributed by atoms with Crippen LogP contribution in [0.25, 0.3) is 10.9 Å². The molecule has 3 heterocycles. The Morgan fingerprint density at radius 2 is 1.97 bits per heavy atom. The van der Waals surface area contributed by atoms with E-state index in [1.54, 1.807) is 26.0 Å². The van der Waals surface area contributed by atoms with Crippen LogP contribution in [0.3, 0.4) is 0 Å². The molecule has 0 aliphatic carbocycles. The molecular weight excluding hydrogens is 433 g/mol. The average molecular weight is 456 g/mol. The number of rotatable bonds is 6. The highest BCUT2D eigenvalue weighted by Crippen LogP contribution is 2.29. The molecule has 0 fully saturated rings. The number of nitrogens with zero attached hydrogens (tertiary/aromatic N) is 5. The first kappa shape index (κ1) is 23.9. The van der Waals surface area contributed by atoms with Gasteiger partial charge in [-0.3, -0.25) is 9.78 Å². The highest BCUT2D eigenvalue weighted by Gasteiger charge is 2.32. The molecular formula is C23H23F3N6O. The van der Waals surface area contributed by atoms with Gasteiger partial charge in [-0.1, -0.05) is 6.92 Å². The van der Waals surface area contributed by atoms with Gasteiger partial charge in [0.2, 0.25) is 0 Å². The summed E-state index contributed by atoms with van der Waals surface area (Å²) in [7, 11) is 0. The summed E-state index contributed by atoms with van der Waals surface area (Å²) in [5.74, 6) is -0.605. The number of hydrogen-bond acceptors (Lipinski definition) is 6. The first-order valence-electron chi connectivity index (χ1n) is 10.3. The molecule has 0 aliphatic heterocycles. The van der Waals surface area contributed by atoms with Gasteiger partial charge in [0.25, 0.3) is 5.91 Å². The summed E-state index contributed by atoms with van der Waals surface area (Å²) in [5, 5.41) is 10.1. The summed E-state index contributed by atoms with van der Waals surface area (Å²) in [5.41, 5.74) is 6.65. The lowest BCUT2D eigenvalue weighted by molar-refractivity contribution is -0.137. The molecule has 2 unspecified atom stereocenters. The van der Waals surface area contributed by atoms with Crippen LogP contribution in [-0.2, 0) is 12.7 Å². The van der Waals surface area contributed by atoms with Crippen LogP contribution >= 0.6 is 0 Å². The number of anilines is 1. The number of hydrogen-bond donors (Lipinski definition) is 1. The largest absolute Gasteiger partial charge is 0.417 e. The maximum Gasteiger partial charge on any atom is 0.417 e. The minimum Gasteiger partial charge on any atom is -0.383 e. The lowest BCUT2D eigenvalue weighted by Gasteiger charge is -2.32. The Kier molecular flexibility index (Phi) is 6.81. The van der Waals surface area contributed by atoms with Crippen molar-refractivity contribution in [3.05, 3.63) is 59.2 Å². The molecule has 7 nitrogen and oxygen atoms in total. The zero-order chi connectivity index (χ0) is 24.3. The molecule has 1 amide bonds. The molecule has 3 aromatic rings. The zero-order valence-electron chi connectivity index (χ0n) is 18.4. The Morgan fingerprint density at radius 3 is 2.55 bits per heavy atom. The van der Waals surface area contributed by atoms with Crippen LogP contribution in [0.4, 0.5) is 19.0 Å². The van der Waals surface area contributed by atoms with Crippen molar-refractivity contribution in [3.63, 3.8) is 0 Å². The Hall–Kier alpha value is -3.74. The fourth-order valence-electron chi connectivity index (χ4n) is 3.59. The van der Waals surface area contributed by atoms with Gasteiger partial charge < -0.3 is 10.6 Å². The van der Waals surface area contributed by atoms with Crippen molar-refractivity contribution < 1.29 is 18.0 Å². The predicted molar refractivity (Wildman–Crippen MR) is 117 cm³/mol. The van der Waals surface area contributed by atoms with Crippen molar-refractivity contribution in [2.75, 3.05) is 5.73 Å². The van der Waals surface area contributed by atoms with Crippen molar-refractivity contribution in [2.24, 2.45) is 5.92 Å². The highest BCUT2D eigenvalue weighted by molar-refractivity contribution is 5.96. The number of nitriles is 1. The van der Waals surface area contributed by atoms with Crippen molar-refractivity contribution in [1.82, 2.24) is 19.9 Å². The van der Waals surface area contributed by atoms with Crippen LogP contribution < -0.4 is 5.73 Å². The topological polar surface area (TPSA) is 109 Å². The van der Waals surface area contributed by atoms with Gasteiger partial charge >= 0.3 is 6.18 Å². The molecule has 33 heavy (non-hydrogen) atoms. The smallest absolute Gasteiger partial charge is 0.383 e. The SMILES string of the molecule is CCC(C(C)C#N)N(Cc1ccc(C(F)(F)F)cn1)C(=O)c1cc2cc(C)c(N)nc2cn1. The van der Waals surface area contributed by atoms with E-state index in [0.717, 1.165) is 17.8 Å². The number of fused-ring (bicyclic) bond motifs is 1. The van der Waals surface area contributed by atoms with Gasteiger partial charge in [0.1, 0.15) is 11.5 Å². The molecule has 172 valence electrons. The third-order valence-corrected chi connectivity index (χ3v) is 5.49. The predicted octanol–water partition coefficient (Wildman–Crippen LogP) is 4.51. The monoisotopic (exact) mass is 456 g/mol. The first-order chi connectivity index (χ1) is 15.5. The van der Waals surface area contributed by atoms with E-state index in [9.17, 15) is 23.2 Å². The van der Waals surface area contributed by atoms with E-state index < -0.39 is 29.6 Å². The number of pyridine rings is 3. The fraction of sp³-hybridized carbons (Fsp3) is 0.348. The number of alkyl halides is 3. The number of halogens is 3. The molecule has 0 aromatic carbocycles. The second kappa shape index (κ2) is 9.40. The molecule has 0 saturated carbocycles. The van der Waals surface area contributed by atoms with Gasteiger partial charge in [0.05, 0.1) is 41.5 Å². The Labute approximate surface area is 189 Å². The first-order valence-corrected chi connectivity index (χ1v) is 10.3. The van der Waals surface area contributed by atoms with Gasteiger partial charge in [-0.2, -0.15) is 18.4 Å². The van der Waals surface area contributed by atoms with Crippen molar-refractivity contribution in [3.8, 4) is 6.07 Å². The Balaban J connectivity index is 2.00. The Morgan fingerprint density at radius 1 is 1.24 bits per heavy atom. The molecule has 0 aliphatic rings. The molecule has 10 heteroatoms. The van der Waals surface area contributed by atoms with Crippen LogP contribution in [0.5, 0.6) is 0 Å². The number of aromatic nitrogens is 3. The van der Waals surface area contributed by atoms with Gasteiger partial charge in [0.15, 0.2) is 0 Å². The molecule has 0 radical (unpaired) electrons. The van der Waals surface area contributed by atoms with Crippen molar-refractivity contribution >= 4 is 22.6 Å². The quantitative estimate of drug-likeness (QED) is 0.584. The molecule has 2 atom stereocenters. The summed E-state index contributed by atoms with van der Waals surface area (Å²) >= 11 is 0. The molecule has 0 saturated heterocycles. The highest BCUT2D eigenvalue weighted by atomic mass is 19.4. The van der Waals surface area contributed by atoms with E-state index in [1.165, 1.54) is 17.2 Å². The van der Waals surface area contributed by atoms with E-state index in [4.69, 9.17) is 5.73 Å². The third-order valence-electron chi connectivity index (χ3n) is 5.49. The molecule has 0 spiro atoms. The van der Waals surface area contributed by atoms with Crippen LogP contribution in [0.1, 0.15) is 47.6 Å². The number of aryl methyl sites for hydroxylation is 1. The maximum absolute atomic E-state index is 13.5. The second-order valence-corrected chi connectivity index (χ2v) is 7.82. The molecule has 3 aromatic heterocycles. The van der Waals surface area contributed by atoms with Crippen LogP contribution in [0, 0.1) is 24.2 Å². The number of nitrogens with two attached hydrogens (primary N) is 1. The minimum atomic E-state index is -4.51. The van der Waals surface area contributed by atoms with E-state index in [0.29, 0.717) is 23.1 Å². The minimum absolute atomic E-state index is 0.0692. The lowest BCUT2D eigenvalue weighted by atomic mass is 9.98. The summed E-state index contributed by atoms with van der Waals surface area (Å²) < 4.78 is 38.7. The van der Waals surface area contributed by atoms with Crippen LogP contribution in [0.15, 0.2) is 36.7 Å². The summed E-state index contributed by atoms with van der Waals surface area (Å²) in [6.45, 7) is 5.26. The van der Waals surface area contributed by atoms with Crippen LogP contribution in [0.2, 0.25) is 0 Å². The van der Waals surface area contributed by atoms with E-state index in [1.807, 2.05) is 6.92 Å². The van der Waals surface area contributed by atoms with E-state index in [-0.39, 0.29) is 17.9 Å². The third kappa shape index (κ3) is 5.19. The summed E-state index contributed by atoms with van der Waals surface area (Å²) in [6, 6.07) is 7.21. The Bertz CT molecular complexity index is 1200. The van der Waals surface area contributed by atoms with Crippen molar-refractivity contribution in [1.29, 1.82) is 5.26 Å². The summed E-state index contributed by atoms with van der Waals surface area (Å²) in [6.07, 6.45) is -1.86. The van der Waals surface area contributed by atoms with Gasteiger partial charge in [0, 0.05) is 17.6 Å². The van der Waals surface area contributed by atoms with E-state index >= 15 is 0 Å². The molecule has 2 N–H and O–H groups in total. The summed E-state index contributed by atoms with van der Waals surface area (Å²) in [4.78, 5) is 27.3. The van der Waals surface area contributed by atoms with Gasteiger partial charge in [-0.15, -0.1) is 0 Å². The lowest BCUT2D eigenvalue weighted by Crippen LogP contribution is -2.43. The fourth-order valence-corrected chi connectivity index (χ4v) is 3.59. The van der Waals surface area contributed by atoms with Gasteiger partial charge in [-0.25, -0.2) is 9.97 Å². The van der Waals surface area contributed by atoms with Crippen molar-refractivity contribution in [2.45, 2.75) is 46.0 Å². The van der Waals surface area contributed by atoms with E-state index in [2.05, 4.69) is 21.0 Å².